The number of nitrogens with two attached hydrogens (primary N) is 1. The van der Waals surface area contributed by atoms with Gasteiger partial charge in [-0.15, -0.1) is 0 Å². The van der Waals surface area contributed by atoms with Crippen molar-refractivity contribution in [1.29, 1.82) is 0 Å². The van der Waals surface area contributed by atoms with Crippen LogP contribution in [-0.2, 0) is 4.79 Å². The zero-order valence-electron chi connectivity index (χ0n) is 15.9. The van der Waals surface area contributed by atoms with E-state index in [-0.39, 0.29) is 17.9 Å². The Morgan fingerprint density at radius 2 is 1.46 bits per heavy atom. The molecule has 0 spiro atoms. The van der Waals surface area contributed by atoms with E-state index in [0.29, 0.717) is 0 Å². The van der Waals surface area contributed by atoms with E-state index in [2.05, 4.69) is 12.1 Å². The van der Waals surface area contributed by atoms with Crippen LogP contribution < -0.4 is 15.4 Å². The number of anilines is 1. The van der Waals surface area contributed by atoms with Crippen LogP contribution in [0, 0.1) is 0 Å². The SMILES string of the molecule is COc1ccc(C2C[C@H](c3ccccc3)[C@@H](N)C(=O)N2c2ccccc2)cc1. The molecule has 1 saturated heterocycles. The van der Waals surface area contributed by atoms with Gasteiger partial charge in [-0.05, 0) is 41.8 Å². The van der Waals surface area contributed by atoms with Crippen LogP contribution >= 0.6 is 0 Å². The first-order chi connectivity index (χ1) is 13.7. The Morgan fingerprint density at radius 1 is 0.857 bits per heavy atom. The number of hydrogen-bond acceptors (Lipinski definition) is 3. The highest BCUT2D eigenvalue weighted by molar-refractivity contribution is 5.99. The highest BCUT2D eigenvalue weighted by atomic mass is 16.5. The van der Waals surface area contributed by atoms with Gasteiger partial charge in [0, 0.05) is 11.6 Å². The number of methoxy groups -OCH3 is 1. The van der Waals surface area contributed by atoms with Crippen LogP contribution in [0.2, 0.25) is 0 Å². The van der Waals surface area contributed by atoms with Gasteiger partial charge in [0.05, 0.1) is 19.2 Å². The number of nitrogens with zero attached hydrogens (tertiary/aromatic N) is 1. The number of ether oxygens (including phenoxy) is 1. The van der Waals surface area contributed by atoms with E-state index in [4.69, 9.17) is 10.5 Å². The molecule has 0 aliphatic carbocycles. The average Bonchev–Trinajstić information content (AvgIpc) is 2.77. The van der Waals surface area contributed by atoms with Crippen LogP contribution in [0.25, 0.3) is 0 Å². The summed E-state index contributed by atoms with van der Waals surface area (Å²) in [5.41, 5.74) is 9.51. The molecule has 4 heteroatoms. The molecule has 1 unspecified atom stereocenters. The number of rotatable bonds is 4. The van der Waals surface area contributed by atoms with Crippen molar-refractivity contribution < 1.29 is 9.53 Å². The zero-order chi connectivity index (χ0) is 19.5. The lowest BCUT2D eigenvalue weighted by atomic mass is 9.79. The van der Waals surface area contributed by atoms with Gasteiger partial charge in [-0.2, -0.15) is 0 Å². The summed E-state index contributed by atoms with van der Waals surface area (Å²) in [6.45, 7) is 0. The lowest BCUT2D eigenvalue weighted by Crippen LogP contribution is -2.53. The van der Waals surface area contributed by atoms with Gasteiger partial charge >= 0.3 is 0 Å². The Labute approximate surface area is 165 Å². The fraction of sp³-hybridized carbons (Fsp3) is 0.208. The monoisotopic (exact) mass is 372 g/mol. The molecule has 0 bridgehead atoms. The van der Waals surface area contributed by atoms with E-state index in [0.717, 1.165) is 29.0 Å². The quantitative estimate of drug-likeness (QED) is 0.743. The molecule has 3 aromatic rings. The van der Waals surface area contributed by atoms with E-state index < -0.39 is 6.04 Å². The lowest BCUT2D eigenvalue weighted by Gasteiger charge is -2.43. The second kappa shape index (κ2) is 7.87. The van der Waals surface area contributed by atoms with Crippen LogP contribution in [-0.4, -0.2) is 19.1 Å². The van der Waals surface area contributed by atoms with Crippen molar-refractivity contribution >= 4 is 11.6 Å². The molecular weight excluding hydrogens is 348 g/mol. The fourth-order valence-electron chi connectivity index (χ4n) is 4.03. The van der Waals surface area contributed by atoms with Gasteiger partial charge in [0.2, 0.25) is 5.91 Å². The molecule has 1 aliphatic heterocycles. The van der Waals surface area contributed by atoms with Crippen LogP contribution in [0.1, 0.15) is 29.5 Å². The predicted molar refractivity (Wildman–Crippen MR) is 111 cm³/mol. The summed E-state index contributed by atoms with van der Waals surface area (Å²) >= 11 is 0. The number of para-hydroxylation sites is 1. The molecule has 28 heavy (non-hydrogen) atoms. The molecule has 0 radical (unpaired) electrons. The third-order valence-corrected chi connectivity index (χ3v) is 5.51. The third-order valence-electron chi connectivity index (χ3n) is 5.51. The zero-order valence-corrected chi connectivity index (χ0v) is 15.9. The first-order valence-corrected chi connectivity index (χ1v) is 9.51. The molecule has 2 N–H and O–H groups in total. The number of amides is 1. The Kier molecular flexibility index (Phi) is 5.13. The maximum atomic E-state index is 13.4. The predicted octanol–water partition coefficient (Wildman–Crippen LogP) is 4.28. The van der Waals surface area contributed by atoms with Crippen molar-refractivity contribution in [3.8, 4) is 5.75 Å². The number of carbonyl (C=O) groups excluding carboxylic acids is 1. The summed E-state index contributed by atoms with van der Waals surface area (Å²) in [5.74, 6) is 0.723. The van der Waals surface area contributed by atoms with Crippen molar-refractivity contribution in [3.63, 3.8) is 0 Å². The van der Waals surface area contributed by atoms with Gasteiger partial charge in [-0.1, -0.05) is 60.7 Å². The number of benzene rings is 3. The normalized spacial score (nSPS) is 22.1. The molecule has 1 heterocycles. The fourth-order valence-corrected chi connectivity index (χ4v) is 4.03. The van der Waals surface area contributed by atoms with Crippen LogP contribution in [0.3, 0.4) is 0 Å². The topological polar surface area (TPSA) is 55.6 Å². The Bertz CT molecular complexity index is 926. The summed E-state index contributed by atoms with van der Waals surface area (Å²) in [5, 5.41) is 0. The lowest BCUT2D eigenvalue weighted by molar-refractivity contribution is -0.122. The van der Waals surface area contributed by atoms with Gasteiger partial charge in [0.1, 0.15) is 5.75 Å². The number of carbonyl (C=O) groups is 1. The molecule has 0 saturated carbocycles. The van der Waals surface area contributed by atoms with Crippen molar-refractivity contribution in [2.75, 3.05) is 12.0 Å². The summed E-state index contributed by atoms with van der Waals surface area (Å²) in [7, 11) is 1.65. The first kappa shape index (κ1) is 18.3. The molecule has 0 aromatic heterocycles. The minimum atomic E-state index is -0.572. The molecule has 1 fully saturated rings. The minimum absolute atomic E-state index is 0.0271. The molecule has 3 atom stereocenters. The molecule has 1 aliphatic rings. The van der Waals surface area contributed by atoms with Crippen LogP contribution in [0.4, 0.5) is 5.69 Å². The number of piperidine rings is 1. The van der Waals surface area contributed by atoms with E-state index >= 15 is 0 Å². The Balaban J connectivity index is 1.77. The maximum absolute atomic E-state index is 13.4. The van der Waals surface area contributed by atoms with E-state index in [1.807, 2.05) is 77.7 Å². The smallest absolute Gasteiger partial charge is 0.245 e. The molecule has 4 rings (SSSR count). The molecule has 4 nitrogen and oxygen atoms in total. The average molecular weight is 372 g/mol. The number of hydrogen-bond donors (Lipinski definition) is 1. The van der Waals surface area contributed by atoms with Gasteiger partial charge < -0.3 is 15.4 Å². The van der Waals surface area contributed by atoms with Crippen molar-refractivity contribution in [3.05, 3.63) is 96.1 Å². The van der Waals surface area contributed by atoms with Gasteiger partial charge in [-0.25, -0.2) is 0 Å². The first-order valence-electron chi connectivity index (χ1n) is 9.51. The standard InChI is InChI=1S/C24H24N2O2/c1-28-20-14-12-18(13-15-20)22-16-21(17-8-4-2-5-9-17)23(25)24(27)26(22)19-10-6-3-7-11-19/h2-15,21-23H,16,25H2,1H3/t21-,22?,23-/m1/s1. The highest BCUT2D eigenvalue weighted by Crippen LogP contribution is 2.42. The van der Waals surface area contributed by atoms with Gasteiger partial charge in [0.25, 0.3) is 0 Å². The second-order valence-electron chi connectivity index (χ2n) is 7.11. The van der Waals surface area contributed by atoms with Crippen molar-refractivity contribution in [2.45, 2.75) is 24.4 Å². The summed E-state index contributed by atoms with van der Waals surface area (Å²) in [6.07, 6.45) is 0.762. The van der Waals surface area contributed by atoms with E-state index in [1.54, 1.807) is 7.11 Å². The largest absolute Gasteiger partial charge is 0.497 e. The molecular formula is C24H24N2O2. The second-order valence-corrected chi connectivity index (χ2v) is 7.11. The maximum Gasteiger partial charge on any atom is 0.245 e. The van der Waals surface area contributed by atoms with Gasteiger partial charge in [-0.3, -0.25) is 4.79 Å². The summed E-state index contributed by atoms with van der Waals surface area (Å²) < 4.78 is 5.30. The molecule has 142 valence electrons. The molecule has 1 amide bonds. The summed E-state index contributed by atoms with van der Waals surface area (Å²) in [6, 6.07) is 27.1. The molecule has 3 aromatic carbocycles. The van der Waals surface area contributed by atoms with E-state index in [1.165, 1.54) is 0 Å². The Morgan fingerprint density at radius 3 is 2.07 bits per heavy atom. The highest BCUT2D eigenvalue weighted by Gasteiger charge is 2.41. The Hall–Kier alpha value is -3.11. The third kappa shape index (κ3) is 3.39. The summed E-state index contributed by atoms with van der Waals surface area (Å²) in [4.78, 5) is 15.2. The van der Waals surface area contributed by atoms with Crippen LogP contribution in [0.5, 0.6) is 5.75 Å². The minimum Gasteiger partial charge on any atom is -0.497 e. The van der Waals surface area contributed by atoms with Gasteiger partial charge in [0.15, 0.2) is 0 Å². The van der Waals surface area contributed by atoms with E-state index in [9.17, 15) is 4.79 Å². The van der Waals surface area contributed by atoms with Crippen molar-refractivity contribution in [2.24, 2.45) is 5.73 Å². The van der Waals surface area contributed by atoms with Crippen LogP contribution in [0.15, 0.2) is 84.9 Å². The van der Waals surface area contributed by atoms with Crippen molar-refractivity contribution in [1.82, 2.24) is 0 Å².